The SMILES string of the molecule is CC(C)c1ccc(CN(Cc2cnc(N)s2)C2CC2)cc1.Cl. The number of rotatable bonds is 6. The zero-order valence-electron chi connectivity index (χ0n) is 13.2. The topological polar surface area (TPSA) is 42.2 Å². The van der Waals surface area contributed by atoms with Gasteiger partial charge in [0.1, 0.15) is 0 Å². The molecule has 0 aliphatic heterocycles. The van der Waals surface area contributed by atoms with E-state index in [0.717, 1.165) is 19.1 Å². The highest BCUT2D eigenvalue weighted by molar-refractivity contribution is 7.15. The fraction of sp³-hybridized carbons (Fsp3) is 0.471. The Bertz CT molecular complexity index is 590. The van der Waals surface area contributed by atoms with Crippen LogP contribution >= 0.6 is 23.7 Å². The summed E-state index contributed by atoms with van der Waals surface area (Å²) in [5.74, 6) is 0.596. The molecule has 0 bridgehead atoms. The molecule has 0 atom stereocenters. The predicted octanol–water partition coefficient (Wildman–Crippen LogP) is 4.44. The molecule has 1 aliphatic carbocycles. The van der Waals surface area contributed by atoms with Crippen molar-refractivity contribution in [2.75, 3.05) is 5.73 Å². The Morgan fingerprint density at radius 1 is 1.23 bits per heavy atom. The molecule has 5 heteroatoms. The van der Waals surface area contributed by atoms with E-state index in [-0.39, 0.29) is 12.4 Å². The molecule has 0 saturated heterocycles. The molecule has 120 valence electrons. The van der Waals surface area contributed by atoms with E-state index < -0.39 is 0 Å². The van der Waals surface area contributed by atoms with Gasteiger partial charge in [0.05, 0.1) is 0 Å². The van der Waals surface area contributed by atoms with Crippen LogP contribution in [0.5, 0.6) is 0 Å². The second-order valence-electron chi connectivity index (χ2n) is 6.20. The summed E-state index contributed by atoms with van der Waals surface area (Å²) in [7, 11) is 0. The summed E-state index contributed by atoms with van der Waals surface area (Å²) in [4.78, 5) is 7.97. The largest absolute Gasteiger partial charge is 0.375 e. The molecule has 3 rings (SSSR count). The van der Waals surface area contributed by atoms with E-state index in [1.165, 1.54) is 28.8 Å². The third-order valence-corrected chi connectivity index (χ3v) is 4.84. The van der Waals surface area contributed by atoms with E-state index in [1.54, 1.807) is 11.3 Å². The minimum absolute atomic E-state index is 0. The predicted molar refractivity (Wildman–Crippen MR) is 96.6 cm³/mol. The van der Waals surface area contributed by atoms with Gasteiger partial charge >= 0.3 is 0 Å². The summed E-state index contributed by atoms with van der Waals surface area (Å²) in [6, 6.07) is 9.79. The first-order chi connectivity index (χ1) is 10.1. The van der Waals surface area contributed by atoms with Crippen molar-refractivity contribution in [2.24, 2.45) is 0 Å². The Morgan fingerprint density at radius 2 is 1.91 bits per heavy atom. The number of benzene rings is 1. The van der Waals surface area contributed by atoms with Crippen LogP contribution in [-0.4, -0.2) is 15.9 Å². The molecule has 0 amide bonds. The fourth-order valence-corrected chi connectivity index (χ4v) is 3.30. The standard InChI is InChI=1S/C17H23N3S.ClH/c1-12(2)14-5-3-13(4-6-14)10-20(15-7-8-15)11-16-9-19-17(18)21-16;/h3-6,9,12,15H,7-8,10-11H2,1-2H3,(H2,18,19);1H. The van der Waals surface area contributed by atoms with Gasteiger partial charge in [-0.2, -0.15) is 0 Å². The van der Waals surface area contributed by atoms with Gasteiger partial charge in [0.15, 0.2) is 5.13 Å². The van der Waals surface area contributed by atoms with Crippen LogP contribution in [0.3, 0.4) is 0 Å². The van der Waals surface area contributed by atoms with Gasteiger partial charge in [-0.25, -0.2) is 4.98 Å². The summed E-state index contributed by atoms with van der Waals surface area (Å²) in [5, 5.41) is 0.669. The lowest BCUT2D eigenvalue weighted by Gasteiger charge is -2.21. The van der Waals surface area contributed by atoms with Crippen molar-refractivity contribution in [2.45, 2.75) is 51.7 Å². The van der Waals surface area contributed by atoms with Crippen LogP contribution in [0.4, 0.5) is 5.13 Å². The number of aromatic nitrogens is 1. The molecule has 1 saturated carbocycles. The normalized spacial score (nSPS) is 14.4. The summed E-state index contributed by atoms with van der Waals surface area (Å²) >= 11 is 1.60. The second-order valence-corrected chi connectivity index (χ2v) is 7.34. The van der Waals surface area contributed by atoms with E-state index in [0.29, 0.717) is 11.0 Å². The summed E-state index contributed by atoms with van der Waals surface area (Å²) in [6.45, 7) is 6.45. The zero-order valence-corrected chi connectivity index (χ0v) is 14.8. The number of thiazole rings is 1. The highest BCUT2D eigenvalue weighted by Crippen LogP contribution is 2.31. The average molecular weight is 338 g/mol. The minimum atomic E-state index is 0. The first kappa shape index (κ1) is 17.3. The van der Waals surface area contributed by atoms with Crippen molar-refractivity contribution in [3.8, 4) is 0 Å². The van der Waals surface area contributed by atoms with Crippen LogP contribution in [-0.2, 0) is 13.1 Å². The van der Waals surface area contributed by atoms with Gasteiger partial charge in [-0.3, -0.25) is 4.90 Å². The Labute approximate surface area is 143 Å². The molecule has 1 heterocycles. The van der Waals surface area contributed by atoms with Crippen LogP contribution in [0.15, 0.2) is 30.5 Å². The second kappa shape index (κ2) is 7.44. The zero-order chi connectivity index (χ0) is 14.8. The van der Waals surface area contributed by atoms with Crippen LogP contribution < -0.4 is 5.73 Å². The molecular formula is C17H24ClN3S. The van der Waals surface area contributed by atoms with Gasteiger partial charge in [-0.1, -0.05) is 38.1 Å². The Kier molecular flexibility index (Phi) is 5.84. The first-order valence-corrected chi connectivity index (χ1v) is 8.46. The van der Waals surface area contributed by atoms with E-state index in [2.05, 4.69) is 48.0 Å². The Balaban J connectivity index is 0.00000176. The lowest BCUT2D eigenvalue weighted by Crippen LogP contribution is -2.24. The maximum absolute atomic E-state index is 5.73. The maximum Gasteiger partial charge on any atom is 0.180 e. The molecular weight excluding hydrogens is 314 g/mol. The van der Waals surface area contributed by atoms with Gasteiger partial charge in [0, 0.05) is 30.2 Å². The minimum Gasteiger partial charge on any atom is -0.375 e. The molecule has 1 aromatic carbocycles. The number of nitrogen functional groups attached to an aromatic ring is 1. The van der Waals surface area contributed by atoms with Crippen molar-refractivity contribution < 1.29 is 0 Å². The van der Waals surface area contributed by atoms with E-state index in [9.17, 15) is 0 Å². The molecule has 22 heavy (non-hydrogen) atoms. The molecule has 1 aliphatic rings. The van der Waals surface area contributed by atoms with E-state index >= 15 is 0 Å². The summed E-state index contributed by atoms with van der Waals surface area (Å²) < 4.78 is 0. The van der Waals surface area contributed by atoms with Gasteiger partial charge in [0.25, 0.3) is 0 Å². The maximum atomic E-state index is 5.73. The van der Waals surface area contributed by atoms with Crippen molar-refractivity contribution in [1.82, 2.24) is 9.88 Å². The summed E-state index contributed by atoms with van der Waals surface area (Å²) in [6.07, 6.45) is 4.55. The summed E-state index contributed by atoms with van der Waals surface area (Å²) in [5.41, 5.74) is 8.53. The molecule has 0 radical (unpaired) electrons. The van der Waals surface area contributed by atoms with Crippen LogP contribution in [0.25, 0.3) is 0 Å². The average Bonchev–Trinajstić information content (AvgIpc) is 3.23. The lowest BCUT2D eigenvalue weighted by molar-refractivity contribution is 0.248. The smallest absolute Gasteiger partial charge is 0.180 e. The molecule has 1 fully saturated rings. The molecule has 2 aromatic rings. The van der Waals surface area contributed by atoms with Crippen LogP contribution in [0, 0.1) is 0 Å². The fourth-order valence-electron chi connectivity index (χ4n) is 2.59. The highest BCUT2D eigenvalue weighted by Gasteiger charge is 2.29. The highest BCUT2D eigenvalue weighted by atomic mass is 35.5. The number of hydrogen-bond acceptors (Lipinski definition) is 4. The number of nitrogens with zero attached hydrogens (tertiary/aromatic N) is 2. The van der Waals surface area contributed by atoms with E-state index in [1.807, 2.05) is 6.20 Å². The molecule has 1 aromatic heterocycles. The van der Waals surface area contributed by atoms with Crippen LogP contribution in [0.1, 0.15) is 48.6 Å². The number of nitrogens with two attached hydrogens (primary N) is 1. The van der Waals surface area contributed by atoms with Crippen molar-refractivity contribution in [1.29, 1.82) is 0 Å². The molecule has 0 spiro atoms. The van der Waals surface area contributed by atoms with Gasteiger partial charge < -0.3 is 5.73 Å². The first-order valence-electron chi connectivity index (χ1n) is 7.65. The monoisotopic (exact) mass is 337 g/mol. The quantitative estimate of drug-likeness (QED) is 0.847. The van der Waals surface area contributed by atoms with Crippen molar-refractivity contribution in [3.05, 3.63) is 46.5 Å². The van der Waals surface area contributed by atoms with E-state index in [4.69, 9.17) is 5.73 Å². The van der Waals surface area contributed by atoms with Gasteiger partial charge in [-0.15, -0.1) is 23.7 Å². The molecule has 2 N–H and O–H groups in total. The molecule has 3 nitrogen and oxygen atoms in total. The van der Waals surface area contributed by atoms with Crippen molar-refractivity contribution >= 4 is 28.9 Å². The third-order valence-electron chi connectivity index (χ3n) is 4.03. The van der Waals surface area contributed by atoms with Gasteiger partial charge in [-0.05, 0) is 29.9 Å². The molecule has 0 unspecified atom stereocenters. The Morgan fingerprint density at radius 3 is 2.41 bits per heavy atom. The lowest BCUT2D eigenvalue weighted by atomic mass is 10.0. The van der Waals surface area contributed by atoms with Crippen LogP contribution in [0.2, 0.25) is 0 Å². The number of halogens is 1. The van der Waals surface area contributed by atoms with Gasteiger partial charge in [0.2, 0.25) is 0 Å². The third kappa shape index (κ3) is 4.45. The van der Waals surface area contributed by atoms with Crippen molar-refractivity contribution in [3.63, 3.8) is 0 Å². The number of hydrogen-bond donors (Lipinski definition) is 1. The Hall–Kier alpha value is -1.10. The number of anilines is 1.